The third-order valence-electron chi connectivity index (χ3n) is 3.91. The average molecular weight is 285 g/mol. The lowest BCUT2D eigenvalue weighted by molar-refractivity contribution is 0.589. The molecule has 0 amide bonds. The molecule has 112 valence electrons. The van der Waals surface area contributed by atoms with Crippen molar-refractivity contribution < 1.29 is 4.39 Å². The summed E-state index contributed by atoms with van der Waals surface area (Å²) < 4.78 is 13.4. The van der Waals surface area contributed by atoms with Gasteiger partial charge in [0.2, 0.25) is 0 Å². The molecule has 2 aromatic carbocycles. The van der Waals surface area contributed by atoms with E-state index in [0.717, 1.165) is 5.56 Å². The zero-order chi connectivity index (χ0) is 15.6. The molecule has 1 nitrogen and oxygen atoms in total. The van der Waals surface area contributed by atoms with Crippen LogP contribution in [0.25, 0.3) is 0 Å². The fourth-order valence-electron chi connectivity index (χ4n) is 2.55. The van der Waals surface area contributed by atoms with Crippen LogP contribution in [-0.2, 0) is 5.41 Å². The average Bonchev–Trinajstić information content (AvgIpc) is 2.43. The van der Waals surface area contributed by atoms with Crippen molar-refractivity contribution in [3.8, 4) is 0 Å². The van der Waals surface area contributed by atoms with Gasteiger partial charge in [-0.2, -0.15) is 0 Å². The van der Waals surface area contributed by atoms with Crippen LogP contribution in [0.15, 0.2) is 42.5 Å². The zero-order valence-electron chi connectivity index (χ0n) is 13.5. The summed E-state index contributed by atoms with van der Waals surface area (Å²) in [6.45, 7) is 8.43. The van der Waals surface area contributed by atoms with E-state index in [0.29, 0.717) is 5.56 Å². The van der Waals surface area contributed by atoms with Crippen LogP contribution in [0.2, 0.25) is 0 Å². The van der Waals surface area contributed by atoms with Gasteiger partial charge in [0.05, 0.1) is 6.04 Å². The van der Waals surface area contributed by atoms with E-state index in [9.17, 15) is 4.39 Å². The summed E-state index contributed by atoms with van der Waals surface area (Å²) in [5, 5.41) is 3.32. The van der Waals surface area contributed by atoms with Crippen molar-refractivity contribution in [1.82, 2.24) is 5.32 Å². The highest BCUT2D eigenvalue weighted by atomic mass is 19.1. The number of rotatable bonds is 3. The monoisotopic (exact) mass is 285 g/mol. The molecule has 1 atom stereocenters. The molecule has 0 spiro atoms. The highest BCUT2D eigenvalue weighted by Crippen LogP contribution is 2.27. The Hall–Kier alpha value is -1.67. The minimum Gasteiger partial charge on any atom is -0.309 e. The summed E-state index contributed by atoms with van der Waals surface area (Å²) >= 11 is 0. The van der Waals surface area contributed by atoms with E-state index in [1.807, 2.05) is 19.2 Å². The molecule has 0 heterocycles. The fourth-order valence-corrected chi connectivity index (χ4v) is 2.55. The summed E-state index contributed by atoms with van der Waals surface area (Å²) in [6, 6.07) is 14.0. The van der Waals surface area contributed by atoms with Gasteiger partial charge in [-0.1, -0.05) is 57.2 Å². The maximum atomic E-state index is 13.4. The molecule has 0 aliphatic carbocycles. The predicted octanol–water partition coefficient (Wildman–Crippen LogP) is 4.74. The molecule has 21 heavy (non-hydrogen) atoms. The first kappa shape index (κ1) is 15.7. The van der Waals surface area contributed by atoms with Crippen molar-refractivity contribution in [3.05, 3.63) is 70.5 Å². The zero-order valence-corrected chi connectivity index (χ0v) is 13.5. The van der Waals surface area contributed by atoms with Crippen LogP contribution in [-0.4, -0.2) is 7.05 Å². The van der Waals surface area contributed by atoms with E-state index in [4.69, 9.17) is 0 Å². The highest BCUT2D eigenvalue weighted by molar-refractivity contribution is 5.37. The Labute approximate surface area is 127 Å². The Morgan fingerprint density at radius 3 is 2.00 bits per heavy atom. The van der Waals surface area contributed by atoms with Crippen LogP contribution in [0, 0.1) is 12.7 Å². The molecule has 1 N–H and O–H groups in total. The van der Waals surface area contributed by atoms with E-state index < -0.39 is 0 Å². The first-order valence-corrected chi connectivity index (χ1v) is 7.36. The Kier molecular flexibility index (Phi) is 4.48. The van der Waals surface area contributed by atoms with Gasteiger partial charge in [0.25, 0.3) is 0 Å². The van der Waals surface area contributed by atoms with Gasteiger partial charge in [-0.25, -0.2) is 4.39 Å². The molecule has 2 heteroatoms. The minimum absolute atomic E-state index is 0.0818. The van der Waals surface area contributed by atoms with Crippen molar-refractivity contribution in [2.45, 2.75) is 39.2 Å². The summed E-state index contributed by atoms with van der Waals surface area (Å²) in [4.78, 5) is 0. The van der Waals surface area contributed by atoms with Gasteiger partial charge in [0, 0.05) is 0 Å². The topological polar surface area (TPSA) is 12.0 Å². The first-order valence-electron chi connectivity index (χ1n) is 7.36. The fraction of sp³-hybridized carbons (Fsp3) is 0.368. The third-order valence-corrected chi connectivity index (χ3v) is 3.91. The van der Waals surface area contributed by atoms with Crippen LogP contribution in [0.5, 0.6) is 0 Å². The summed E-state index contributed by atoms with van der Waals surface area (Å²) in [6.07, 6.45) is 0. The van der Waals surface area contributed by atoms with Gasteiger partial charge in [-0.05, 0) is 47.7 Å². The van der Waals surface area contributed by atoms with E-state index >= 15 is 0 Å². The van der Waals surface area contributed by atoms with Crippen LogP contribution in [0.3, 0.4) is 0 Å². The molecule has 1 unspecified atom stereocenters. The highest BCUT2D eigenvalue weighted by Gasteiger charge is 2.16. The predicted molar refractivity (Wildman–Crippen MR) is 87.2 cm³/mol. The Bertz CT molecular complexity index is 608. The number of aryl methyl sites for hydroxylation is 1. The van der Waals surface area contributed by atoms with Gasteiger partial charge < -0.3 is 5.32 Å². The summed E-state index contributed by atoms with van der Waals surface area (Å²) in [5.41, 5.74) is 4.42. The molecule has 0 radical (unpaired) electrons. The van der Waals surface area contributed by atoms with Crippen molar-refractivity contribution in [2.24, 2.45) is 0 Å². The molecular weight excluding hydrogens is 261 g/mol. The van der Waals surface area contributed by atoms with Crippen LogP contribution in [0.4, 0.5) is 4.39 Å². The van der Waals surface area contributed by atoms with E-state index in [-0.39, 0.29) is 17.3 Å². The lowest BCUT2D eigenvalue weighted by Crippen LogP contribution is -2.18. The SMILES string of the molecule is CNC(c1ccc(C(C)(C)C)cc1)c1ccc(F)c(C)c1. The maximum absolute atomic E-state index is 13.4. The van der Waals surface area contributed by atoms with Crippen molar-refractivity contribution in [1.29, 1.82) is 0 Å². The molecule has 0 bridgehead atoms. The molecule has 0 aliphatic heterocycles. The van der Waals surface area contributed by atoms with Crippen molar-refractivity contribution in [2.75, 3.05) is 7.05 Å². The molecule has 2 aromatic rings. The number of benzene rings is 2. The van der Waals surface area contributed by atoms with E-state index in [1.54, 1.807) is 13.0 Å². The van der Waals surface area contributed by atoms with E-state index in [2.05, 4.69) is 50.4 Å². The van der Waals surface area contributed by atoms with E-state index in [1.165, 1.54) is 11.1 Å². The molecule has 0 fully saturated rings. The van der Waals surface area contributed by atoms with Crippen LogP contribution in [0.1, 0.15) is 49.1 Å². The molecular formula is C19H24FN. The molecule has 0 aliphatic rings. The van der Waals surface area contributed by atoms with Gasteiger partial charge in [0.15, 0.2) is 0 Å². The van der Waals surface area contributed by atoms with Gasteiger partial charge in [-0.15, -0.1) is 0 Å². The number of halogens is 1. The third kappa shape index (κ3) is 3.51. The molecule has 0 saturated carbocycles. The van der Waals surface area contributed by atoms with Crippen LogP contribution >= 0.6 is 0 Å². The minimum atomic E-state index is -0.156. The maximum Gasteiger partial charge on any atom is 0.126 e. The Balaban J connectivity index is 2.35. The number of hydrogen-bond donors (Lipinski definition) is 1. The lowest BCUT2D eigenvalue weighted by Gasteiger charge is -2.22. The Morgan fingerprint density at radius 1 is 0.952 bits per heavy atom. The molecule has 2 rings (SSSR count). The lowest BCUT2D eigenvalue weighted by atomic mass is 9.85. The van der Waals surface area contributed by atoms with Gasteiger partial charge in [0.1, 0.15) is 5.82 Å². The quantitative estimate of drug-likeness (QED) is 0.859. The second-order valence-electron chi connectivity index (χ2n) is 6.60. The Morgan fingerprint density at radius 2 is 1.52 bits per heavy atom. The normalized spacial score (nSPS) is 13.2. The standard InChI is InChI=1S/C19H24FN/c1-13-12-15(8-11-17(13)20)18(21-5)14-6-9-16(10-7-14)19(2,3)4/h6-12,18,21H,1-5H3. The second kappa shape index (κ2) is 5.98. The molecule has 0 aromatic heterocycles. The number of hydrogen-bond acceptors (Lipinski definition) is 1. The first-order chi connectivity index (χ1) is 9.82. The largest absolute Gasteiger partial charge is 0.309 e. The van der Waals surface area contributed by atoms with Crippen molar-refractivity contribution >= 4 is 0 Å². The summed E-state index contributed by atoms with van der Waals surface area (Å²) in [5.74, 6) is -0.156. The van der Waals surface area contributed by atoms with Crippen LogP contribution < -0.4 is 5.32 Å². The van der Waals surface area contributed by atoms with Gasteiger partial charge >= 0.3 is 0 Å². The molecule has 0 saturated heterocycles. The smallest absolute Gasteiger partial charge is 0.126 e. The van der Waals surface area contributed by atoms with Gasteiger partial charge in [-0.3, -0.25) is 0 Å². The number of nitrogens with one attached hydrogen (secondary N) is 1. The van der Waals surface area contributed by atoms with Crippen molar-refractivity contribution in [3.63, 3.8) is 0 Å². The summed E-state index contributed by atoms with van der Waals surface area (Å²) in [7, 11) is 1.93. The second-order valence-corrected chi connectivity index (χ2v) is 6.60.